The van der Waals surface area contributed by atoms with Crippen molar-refractivity contribution in [3.05, 3.63) is 58.7 Å². The van der Waals surface area contributed by atoms with E-state index >= 15 is 0 Å². The van der Waals surface area contributed by atoms with E-state index in [1.807, 2.05) is 0 Å². The van der Waals surface area contributed by atoms with E-state index < -0.39 is 23.9 Å². The van der Waals surface area contributed by atoms with Gasteiger partial charge < -0.3 is 15.2 Å². The van der Waals surface area contributed by atoms with Gasteiger partial charge in [0.25, 0.3) is 11.7 Å². The first-order chi connectivity index (χ1) is 13.3. The van der Waals surface area contributed by atoms with Gasteiger partial charge in [0.05, 0.1) is 18.7 Å². The summed E-state index contributed by atoms with van der Waals surface area (Å²) in [4.78, 5) is 43.6. The van der Waals surface area contributed by atoms with Crippen molar-refractivity contribution in [3.8, 4) is 0 Å². The Morgan fingerprint density at radius 3 is 2.46 bits per heavy atom. The lowest BCUT2D eigenvalue weighted by Gasteiger charge is -2.14. The molecule has 10 heteroatoms. The number of benzene rings is 1. The van der Waals surface area contributed by atoms with E-state index in [0.717, 1.165) is 16.1 Å². The van der Waals surface area contributed by atoms with Gasteiger partial charge in [0.15, 0.2) is 5.69 Å². The van der Waals surface area contributed by atoms with Crippen molar-refractivity contribution in [2.45, 2.75) is 19.9 Å². The number of amides is 1. The van der Waals surface area contributed by atoms with Crippen LogP contribution < -0.4 is 5.32 Å². The number of carboxylic acids is 1. The zero-order valence-electron chi connectivity index (χ0n) is 15.3. The summed E-state index contributed by atoms with van der Waals surface area (Å²) < 4.78 is 5.72. The Morgan fingerprint density at radius 2 is 1.86 bits per heavy atom. The van der Waals surface area contributed by atoms with Crippen molar-refractivity contribution in [1.82, 2.24) is 24.9 Å². The number of hydrogen-bond acceptors (Lipinski definition) is 7. The van der Waals surface area contributed by atoms with Crippen molar-refractivity contribution < 1.29 is 24.2 Å². The van der Waals surface area contributed by atoms with E-state index in [-0.39, 0.29) is 17.2 Å². The molecule has 10 nitrogen and oxygen atoms in total. The summed E-state index contributed by atoms with van der Waals surface area (Å²) in [5.74, 6) is -1.90. The maximum atomic E-state index is 12.6. The molecule has 0 spiro atoms. The van der Waals surface area contributed by atoms with Gasteiger partial charge in [-0.3, -0.25) is 4.79 Å². The van der Waals surface area contributed by atoms with Gasteiger partial charge in [0.1, 0.15) is 11.5 Å². The summed E-state index contributed by atoms with van der Waals surface area (Å²) in [6, 6.07) is 7.30. The number of fused-ring (bicyclic) bond motifs is 1. The lowest BCUT2D eigenvalue weighted by molar-refractivity contribution is 0.0599. The number of rotatable bonds is 5. The number of aromatic nitrogens is 4. The highest BCUT2D eigenvalue weighted by molar-refractivity contribution is 5.96. The standard InChI is InChI=1S/C18H17N5O5/c1-9(11-4-6-12(7-5-11)17(27)28-3)19-15(24)13-8-14(16(25)26)23-18(21-13)20-10(2)22-23/h4-9H,1-3H3,(H,19,24)(H,25,26)/t9-/m0/s1. The first-order valence-corrected chi connectivity index (χ1v) is 8.27. The van der Waals surface area contributed by atoms with Crippen molar-refractivity contribution in [2.24, 2.45) is 0 Å². The lowest BCUT2D eigenvalue weighted by atomic mass is 10.1. The molecule has 1 aromatic carbocycles. The molecule has 0 aliphatic rings. The van der Waals surface area contributed by atoms with Crippen LogP contribution in [-0.4, -0.2) is 49.6 Å². The fourth-order valence-corrected chi connectivity index (χ4v) is 2.62. The van der Waals surface area contributed by atoms with Crippen molar-refractivity contribution in [1.29, 1.82) is 0 Å². The number of ether oxygens (including phenoxy) is 1. The molecule has 0 saturated heterocycles. The van der Waals surface area contributed by atoms with Gasteiger partial charge >= 0.3 is 11.9 Å². The molecule has 0 aliphatic carbocycles. The number of nitrogens with one attached hydrogen (secondary N) is 1. The van der Waals surface area contributed by atoms with Crippen molar-refractivity contribution in [2.75, 3.05) is 7.11 Å². The van der Waals surface area contributed by atoms with Crippen molar-refractivity contribution in [3.63, 3.8) is 0 Å². The molecule has 28 heavy (non-hydrogen) atoms. The molecule has 1 amide bonds. The molecule has 0 radical (unpaired) electrons. The predicted octanol–water partition coefficient (Wildman–Crippen LogP) is 1.41. The fourth-order valence-electron chi connectivity index (χ4n) is 2.62. The number of aryl methyl sites for hydroxylation is 1. The van der Waals surface area contributed by atoms with Crippen LogP contribution in [0.1, 0.15) is 55.7 Å². The van der Waals surface area contributed by atoms with Gasteiger partial charge in [-0.2, -0.15) is 9.50 Å². The number of methoxy groups -OCH3 is 1. The Morgan fingerprint density at radius 1 is 1.18 bits per heavy atom. The van der Waals surface area contributed by atoms with E-state index in [0.29, 0.717) is 11.4 Å². The topological polar surface area (TPSA) is 136 Å². The Bertz CT molecular complexity index is 1070. The van der Waals surface area contributed by atoms with Crippen LogP contribution in [0.5, 0.6) is 0 Å². The van der Waals surface area contributed by atoms with Crippen LogP contribution in [-0.2, 0) is 4.74 Å². The third-order valence-electron chi connectivity index (χ3n) is 4.05. The number of nitrogens with zero attached hydrogens (tertiary/aromatic N) is 4. The Kier molecular flexibility index (Phi) is 5.03. The summed E-state index contributed by atoms with van der Waals surface area (Å²) in [5, 5.41) is 16.1. The average Bonchev–Trinajstić information content (AvgIpc) is 3.06. The molecule has 144 valence electrons. The van der Waals surface area contributed by atoms with Crippen LogP contribution in [0.25, 0.3) is 5.78 Å². The van der Waals surface area contributed by atoms with Crippen LogP contribution in [0, 0.1) is 6.92 Å². The lowest BCUT2D eigenvalue weighted by Crippen LogP contribution is -2.28. The summed E-state index contributed by atoms with van der Waals surface area (Å²) in [5.41, 5.74) is 0.838. The molecule has 0 saturated carbocycles. The molecule has 0 fully saturated rings. The predicted molar refractivity (Wildman–Crippen MR) is 96.1 cm³/mol. The van der Waals surface area contributed by atoms with Gasteiger partial charge in [-0.25, -0.2) is 14.6 Å². The monoisotopic (exact) mass is 383 g/mol. The van der Waals surface area contributed by atoms with Crippen LogP contribution in [0.2, 0.25) is 0 Å². The first kappa shape index (κ1) is 19.0. The number of hydrogen-bond donors (Lipinski definition) is 2. The smallest absolute Gasteiger partial charge is 0.354 e. The molecule has 2 heterocycles. The zero-order valence-corrected chi connectivity index (χ0v) is 15.3. The van der Waals surface area contributed by atoms with E-state index in [2.05, 4.69) is 25.1 Å². The van der Waals surface area contributed by atoms with E-state index in [1.54, 1.807) is 38.1 Å². The van der Waals surface area contributed by atoms with Crippen LogP contribution in [0.4, 0.5) is 0 Å². The Hall–Kier alpha value is -3.82. The summed E-state index contributed by atoms with van der Waals surface area (Å²) in [6.07, 6.45) is 0. The van der Waals surface area contributed by atoms with E-state index in [4.69, 9.17) is 0 Å². The molecule has 3 aromatic rings. The minimum atomic E-state index is -1.25. The minimum Gasteiger partial charge on any atom is -0.477 e. The highest BCUT2D eigenvalue weighted by atomic mass is 16.5. The number of carbonyl (C=O) groups excluding carboxylic acids is 2. The normalized spacial score (nSPS) is 11.8. The first-order valence-electron chi connectivity index (χ1n) is 8.27. The van der Waals surface area contributed by atoms with Crippen LogP contribution >= 0.6 is 0 Å². The van der Waals surface area contributed by atoms with Gasteiger partial charge in [-0.1, -0.05) is 12.1 Å². The highest BCUT2D eigenvalue weighted by Crippen LogP contribution is 2.15. The number of carbonyl (C=O) groups is 3. The molecule has 1 atom stereocenters. The number of esters is 1. The van der Waals surface area contributed by atoms with Gasteiger partial charge in [-0.15, -0.1) is 5.10 Å². The quantitative estimate of drug-likeness (QED) is 0.631. The third-order valence-corrected chi connectivity index (χ3v) is 4.05. The SMILES string of the molecule is COC(=O)c1ccc([C@H](C)NC(=O)c2cc(C(=O)O)n3nc(C)nc3n2)cc1. The highest BCUT2D eigenvalue weighted by Gasteiger charge is 2.20. The summed E-state index contributed by atoms with van der Waals surface area (Å²) >= 11 is 0. The molecule has 0 aliphatic heterocycles. The third kappa shape index (κ3) is 3.65. The summed E-state index contributed by atoms with van der Waals surface area (Å²) in [6.45, 7) is 3.35. The second kappa shape index (κ2) is 7.43. The number of carboxylic acid groups (broad SMARTS) is 1. The number of aromatic carboxylic acids is 1. The average molecular weight is 383 g/mol. The van der Waals surface area contributed by atoms with Crippen LogP contribution in [0.3, 0.4) is 0 Å². The molecule has 0 unspecified atom stereocenters. The molecule has 2 aromatic heterocycles. The van der Waals surface area contributed by atoms with E-state index in [1.165, 1.54) is 7.11 Å². The largest absolute Gasteiger partial charge is 0.477 e. The van der Waals surface area contributed by atoms with Crippen molar-refractivity contribution >= 4 is 23.6 Å². The molecule has 3 rings (SSSR count). The second-order valence-electron chi connectivity index (χ2n) is 6.01. The van der Waals surface area contributed by atoms with Crippen LogP contribution in [0.15, 0.2) is 30.3 Å². The van der Waals surface area contributed by atoms with E-state index in [9.17, 15) is 19.5 Å². The molecular weight excluding hydrogens is 366 g/mol. The summed E-state index contributed by atoms with van der Waals surface area (Å²) in [7, 11) is 1.30. The maximum absolute atomic E-state index is 12.6. The zero-order chi connectivity index (χ0) is 20.4. The maximum Gasteiger partial charge on any atom is 0.354 e. The van der Waals surface area contributed by atoms with Gasteiger partial charge in [0.2, 0.25) is 0 Å². The molecule has 0 bridgehead atoms. The van der Waals surface area contributed by atoms with Gasteiger partial charge in [0, 0.05) is 6.07 Å². The second-order valence-corrected chi connectivity index (χ2v) is 6.01. The minimum absolute atomic E-state index is 0.0256. The Balaban J connectivity index is 1.84. The molecule has 2 N–H and O–H groups in total. The fraction of sp³-hybridized carbons (Fsp3) is 0.222. The Labute approximate surface area is 159 Å². The molecular formula is C18H17N5O5. The van der Waals surface area contributed by atoms with Gasteiger partial charge in [-0.05, 0) is 31.5 Å².